The number of piperidine rings is 1. The van der Waals surface area contributed by atoms with Gasteiger partial charge in [0.25, 0.3) is 0 Å². The Morgan fingerprint density at radius 2 is 2.08 bits per heavy atom. The number of nitrogens with zero attached hydrogens (tertiary/aromatic N) is 3. The molecule has 6 heteroatoms. The molecule has 0 saturated carbocycles. The van der Waals surface area contributed by atoms with E-state index in [0.29, 0.717) is 6.54 Å². The van der Waals surface area contributed by atoms with Gasteiger partial charge in [-0.25, -0.2) is 4.79 Å². The van der Waals surface area contributed by atoms with Gasteiger partial charge >= 0.3 is 6.03 Å². The van der Waals surface area contributed by atoms with Crippen LogP contribution in [0.15, 0.2) is 36.5 Å². The average molecular weight is 328 g/mol. The number of carbonyl (C=O) groups is 1. The lowest BCUT2D eigenvalue weighted by Gasteiger charge is -2.39. The fourth-order valence-corrected chi connectivity index (χ4v) is 3.13. The van der Waals surface area contributed by atoms with Gasteiger partial charge in [0.1, 0.15) is 5.69 Å². The fraction of sp³-hybridized carbons (Fsp3) is 0.444. The molecular weight excluding hydrogens is 304 g/mol. The van der Waals surface area contributed by atoms with Crippen LogP contribution in [-0.4, -0.2) is 46.5 Å². The molecular formula is C18H24N4O2. The summed E-state index contributed by atoms with van der Waals surface area (Å²) < 4.78 is 7.28. The molecule has 1 saturated heterocycles. The van der Waals surface area contributed by atoms with Crippen LogP contribution in [0.3, 0.4) is 0 Å². The number of likely N-dealkylation sites (tertiary alicyclic amines) is 1. The van der Waals surface area contributed by atoms with E-state index in [0.717, 1.165) is 36.3 Å². The van der Waals surface area contributed by atoms with Crippen LogP contribution in [0.25, 0.3) is 11.3 Å². The number of amides is 2. The molecule has 1 fully saturated rings. The number of urea groups is 1. The second kappa shape index (κ2) is 6.65. The highest BCUT2D eigenvalue weighted by Crippen LogP contribution is 2.28. The molecule has 3 rings (SSSR count). The topological polar surface area (TPSA) is 59.4 Å². The number of rotatable bonds is 3. The van der Waals surface area contributed by atoms with Crippen molar-refractivity contribution in [2.75, 3.05) is 25.5 Å². The van der Waals surface area contributed by atoms with Gasteiger partial charge in [-0.15, -0.1) is 0 Å². The van der Waals surface area contributed by atoms with E-state index < -0.39 is 0 Å². The third kappa shape index (κ3) is 3.43. The lowest BCUT2D eigenvalue weighted by molar-refractivity contribution is -0.0389. The lowest BCUT2D eigenvalue weighted by atomic mass is 9.95. The Hall–Kier alpha value is -2.34. The highest BCUT2D eigenvalue weighted by molar-refractivity contribution is 5.93. The van der Waals surface area contributed by atoms with Crippen molar-refractivity contribution in [1.29, 1.82) is 0 Å². The molecule has 0 aliphatic carbocycles. The average Bonchev–Trinajstić information content (AvgIpc) is 2.96. The summed E-state index contributed by atoms with van der Waals surface area (Å²) in [5, 5.41) is 7.49. The van der Waals surface area contributed by atoms with Gasteiger partial charge in [-0.2, -0.15) is 5.10 Å². The van der Waals surface area contributed by atoms with Crippen molar-refractivity contribution in [3.63, 3.8) is 0 Å². The number of aromatic nitrogens is 2. The first-order valence-electron chi connectivity index (χ1n) is 8.21. The van der Waals surface area contributed by atoms with Crippen LogP contribution in [0.2, 0.25) is 0 Å². The summed E-state index contributed by atoms with van der Waals surface area (Å²) in [5.74, 6) is 0. The monoisotopic (exact) mass is 328 g/mol. The summed E-state index contributed by atoms with van der Waals surface area (Å²) in [7, 11) is 3.56. The van der Waals surface area contributed by atoms with E-state index in [1.165, 1.54) is 0 Å². The Morgan fingerprint density at radius 1 is 1.33 bits per heavy atom. The van der Waals surface area contributed by atoms with Crippen molar-refractivity contribution in [3.05, 3.63) is 36.5 Å². The molecule has 1 aromatic heterocycles. The molecule has 1 unspecified atom stereocenters. The summed E-state index contributed by atoms with van der Waals surface area (Å²) in [6.45, 7) is 3.38. The first-order chi connectivity index (χ1) is 11.5. The molecule has 0 bridgehead atoms. The van der Waals surface area contributed by atoms with E-state index in [-0.39, 0.29) is 11.6 Å². The predicted molar refractivity (Wildman–Crippen MR) is 93.9 cm³/mol. The van der Waals surface area contributed by atoms with Crippen molar-refractivity contribution < 1.29 is 9.53 Å². The molecule has 6 nitrogen and oxygen atoms in total. The molecule has 128 valence electrons. The number of ether oxygens (including phenoxy) is 1. The number of carbonyl (C=O) groups excluding carboxylic acids is 1. The normalized spacial score (nSPS) is 20.9. The second-order valence-electron chi connectivity index (χ2n) is 6.54. The maximum absolute atomic E-state index is 12.7. The van der Waals surface area contributed by atoms with Crippen molar-refractivity contribution in [3.8, 4) is 11.3 Å². The number of benzene rings is 1. The van der Waals surface area contributed by atoms with Crippen LogP contribution >= 0.6 is 0 Å². The van der Waals surface area contributed by atoms with Crippen molar-refractivity contribution in [2.45, 2.75) is 25.4 Å². The zero-order valence-electron chi connectivity index (χ0n) is 14.5. The minimum Gasteiger partial charge on any atom is -0.377 e. The Kier molecular flexibility index (Phi) is 4.57. The zero-order valence-corrected chi connectivity index (χ0v) is 14.5. The number of hydrogen-bond acceptors (Lipinski definition) is 3. The largest absolute Gasteiger partial charge is 0.377 e. The second-order valence-corrected chi connectivity index (χ2v) is 6.54. The van der Waals surface area contributed by atoms with Gasteiger partial charge in [0, 0.05) is 32.5 Å². The van der Waals surface area contributed by atoms with E-state index in [1.807, 2.05) is 55.4 Å². The Labute approximate surface area is 142 Å². The van der Waals surface area contributed by atoms with Crippen LogP contribution < -0.4 is 5.32 Å². The molecule has 1 aliphatic heterocycles. The van der Waals surface area contributed by atoms with Gasteiger partial charge in [-0.05, 0) is 19.8 Å². The van der Waals surface area contributed by atoms with Crippen molar-refractivity contribution in [2.24, 2.45) is 7.05 Å². The van der Waals surface area contributed by atoms with E-state index in [2.05, 4.69) is 10.4 Å². The van der Waals surface area contributed by atoms with Crippen LogP contribution in [0, 0.1) is 0 Å². The number of aryl methyl sites for hydroxylation is 1. The smallest absolute Gasteiger partial charge is 0.322 e. The standard InChI is InChI=1S/C18H24N4O2/c1-18(24-3)10-7-11-22(13-18)17(23)19-15-12-21(2)20-16(15)14-8-5-4-6-9-14/h4-6,8-9,12H,7,10-11,13H2,1-3H3,(H,19,23). The highest BCUT2D eigenvalue weighted by Gasteiger charge is 2.33. The van der Waals surface area contributed by atoms with Crippen LogP contribution in [-0.2, 0) is 11.8 Å². The zero-order chi connectivity index (χ0) is 17.2. The quantitative estimate of drug-likeness (QED) is 0.942. The summed E-state index contributed by atoms with van der Waals surface area (Å²) in [5.41, 5.74) is 2.21. The molecule has 1 aliphatic rings. The van der Waals surface area contributed by atoms with Crippen LogP contribution in [0.4, 0.5) is 10.5 Å². The number of nitrogens with one attached hydrogen (secondary N) is 1. The Bertz CT molecular complexity index is 713. The van der Waals surface area contributed by atoms with Gasteiger partial charge in [0.05, 0.1) is 17.8 Å². The SMILES string of the molecule is COC1(C)CCCN(C(=O)Nc2cn(C)nc2-c2ccccc2)C1. The maximum Gasteiger partial charge on any atom is 0.322 e. The van der Waals surface area contributed by atoms with Gasteiger partial charge < -0.3 is 15.0 Å². The van der Waals surface area contributed by atoms with Crippen molar-refractivity contribution >= 4 is 11.7 Å². The first kappa shape index (κ1) is 16.5. The summed E-state index contributed by atoms with van der Waals surface area (Å²) in [6, 6.07) is 9.75. The van der Waals surface area contributed by atoms with E-state index >= 15 is 0 Å². The van der Waals surface area contributed by atoms with Crippen LogP contribution in [0.5, 0.6) is 0 Å². The Morgan fingerprint density at radius 3 is 2.79 bits per heavy atom. The minimum atomic E-state index is -0.271. The van der Waals surface area contributed by atoms with Crippen molar-refractivity contribution in [1.82, 2.24) is 14.7 Å². The van der Waals surface area contributed by atoms with Gasteiger partial charge in [-0.1, -0.05) is 30.3 Å². The fourth-order valence-electron chi connectivity index (χ4n) is 3.13. The van der Waals surface area contributed by atoms with Gasteiger partial charge in [0.2, 0.25) is 0 Å². The molecule has 1 N–H and O–H groups in total. The lowest BCUT2D eigenvalue weighted by Crippen LogP contribution is -2.50. The van der Waals surface area contributed by atoms with Crippen LogP contribution in [0.1, 0.15) is 19.8 Å². The molecule has 24 heavy (non-hydrogen) atoms. The number of anilines is 1. The van der Waals surface area contributed by atoms with Gasteiger partial charge in [-0.3, -0.25) is 4.68 Å². The highest BCUT2D eigenvalue weighted by atomic mass is 16.5. The van der Waals surface area contributed by atoms with E-state index in [1.54, 1.807) is 11.8 Å². The summed E-state index contributed by atoms with van der Waals surface area (Å²) in [4.78, 5) is 14.5. The molecule has 2 aromatic rings. The van der Waals surface area contributed by atoms with E-state index in [4.69, 9.17) is 4.74 Å². The molecule has 1 atom stereocenters. The third-order valence-electron chi connectivity index (χ3n) is 4.56. The van der Waals surface area contributed by atoms with Gasteiger partial charge in [0.15, 0.2) is 0 Å². The Balaban J connectivity index is 1.78. The molecule has 2 amide bonds. The minimum absolute atomic E-state index is 0.108. The molecule has 0 radical (unpaired) electrons. The summed E-state index contributed by atoms with van der Waals surface area (Å²) >= 11 is 0. The predicted octanol–water partition coefficient (Wildman–Crippen LogP) is 3.12. The first-order valence-corrected chi connectivity index (χ1v) is 8.21. The number of hydrogen-bond donors (Lipinski definition) is 1. The third-order valence-corrected chi connectivity index (χ3v) is 4.56. The molecule has 2 heterocycles. The summed E-state index contributed by atoms with van der Waals surface area (Å²) in [6.07, 6.45) is 3.74. The molecule has 1 aromatic carbocycles. The molecule has 0 spiro atoms. The maximum atomic E-state index is 12.7. The number of methoxy groups -OCH3 is 1. The van der Waals surface area contributed by atoms with E-state index in [9.17, 15) is 4.79 Å².